The van der Waals surface area contributed by atoms with Crippen LogP contribution in [0.15, 0.2) is 83.8 Å². The van der Waals surface area contributed by atoms with Gasteiger partial charge in [-0.3, -0.25) is 19.1 Å². The topological polar surface area (TPSA) is 123 Å². The zero-order valence-corrected chi connectivity index (χ0v) is 23.5. The third kappa shape index (κ3) is 6.97. The second kappa shape index (κ2) is 13.0. The lowest BCUT2D eigenvalue weighted by molar-refractivity contribution is -0.119. The van der Waals surface area contributed by atoms with E-state index in [0.717, 1.165) is 6.07 Å². The number of H-pyrrole nitrogens is 1. The van der Waals surface area contributed by atoms with Gasteiger partial charge in [0.2, 0.25) is 5.91 Å². The fraction of sp³-hybridized carbons (Fsp3) is 0.161. The second-order valence-electron chi connectivity index (χ2n) is 9.75. The number of hydrogen-bond donors (Lipinski definition) is 3. The van der Waals surface area contributed by atoms with Gasteiger partial charge in [-0.15, -0.1) is 0 Å². The Kier molecular flexibility index (Phi) is 8.96. The van der Waals surface area contributed by atoms with Crippen LogP contribution >= 0.6 is 11.8 Å². The maximum absolute atomic E-state index is 14.2. The summed E-state index contributed by atoms with van der Waals surface area (Å²) < 4.78 is 43.4. The number of carbonyl (C=O) groups excluding carboxylic acids is 2. The molecule has 0 fully saturated rings. The standard InChI is InChI=1S/C31H26F3N5O3S/c32-20-4-1-3-18(13-20)14-26(29-22(5-2-10-36-29)19-6-8-24(34)23(15-19)30(35)41)37-28(40)17-43-12-11-39-27-16-21(33)7-9-25(27)38-31(39)42/h1-10,13,15-16,26H,11-12,14,17H2,(H2,35,41)(H,37,40)(H,38,42)/t26-/m0/s1. The van der Waals surface area contributed by atoms with E-state index in [0.29, 0.717) is 39.2 Å². The fourth-order valence-corrected chi connectivity index (χ4v) is 5.57. The minimum Gasteiger partial charge on any atom is -0.366 e. The van der Waals surface area contributed by atoms with Crippen molar-refractivity contribution in [3.8, 4) is 11.1 Å². The molecule has 2 heterocycles. The van der Waals surface area contributed by atoms with Crippen molar-refractivity contribution in [3.63, 3.8) is 0 Å². The number of aryl methyl sites for hydroxylation is 1. The van der Waals surface area contributed by atoms with Gasteiger partial charge in [0.05, 0.1) is 34.1 Å². The van der Waals surface area contributed by atoms with Crippen LogP contribution in [0.5, 0.6) is 0 Å². The van der Waals surface area contributed by atoms with Crippen molar-refractivity contribution in [1.29, 1.82) is 0 Å². The molecule has 220 valence electrons. The lowest BCUT2D eigenvalue weighted by atomic mass is 9.94. The number of nitrogens with zero attached hydrogens (tertiary/aromatic N) is 2. The van der Waals surface area contributed by atoms with E-state index in [-0.39, 0.29) is 35.9 Å². The Labute approximate surface area is 248 Å². The van der Waals surface area contributed by atoms with E-state index in [1.165, 1.54) is 58.8 Å². The van der Waals surface area contributed by atoms with Gasteiger partial charge in [0, 0.05) is 24.1 Å². The Morgan fingerprint density at radius 2 is 1.81 bits per heavy atom. The smallest absolute Gasteiger partial charge is 0.326 e. The van der Waals surface area contributed by atoms with Crippen molar-refractivity contribution in [2.24, 2.45) is 5.73 Å². The van der Waals surface area contributed by atoms with Crippen LogP contribution in [0.4, 0.5) is 13.2 Å². The molecule has 0 saturated carbocycles. The summed E-state index contributed by atoms with van der Waals surface area (Å²) in [6.45, 7) is 0.254. The van der Waals surface area contributed by atoms with E-state index in [2.05, 4.69) is 15.3 Å². The Balaban J connectivity index is 1.35. The number of aromatic nitrogens is 3. The first-order valence-corrected chi connectivity index (χ1v) is 14.4. The zero-order valence-electron chi connectivity index (χ0n) is 22.6. The molecular weight excluding hydrogens is 579 g/mol. The lowest BCUT2D eigenvalue weighted by Crippen LogP contribution is -2.32. The van der Waals surface area contributed by atoms with Crippen LogP contribution in [0.25, 0.3) is 22.2 Å². The number of hydrogen-bond acceptors (Lipinski definition) is 5. The number of amides is 2. The summed E-state index contributed by atoms with van der Waals surface area (Å²) in [5, 5.41) is 2.97. The minimum atomic E-state index is -0.925. The molecular formula is C31H26F3N5O3S. The third-order valence-electron chi connectivity index (χ3n) is 6.81. The molecule has 1 atom stereocenters. The van der Waals surface area contributed by atoms with E-state index < -0.39 is 29.4 Å². The summed E-state index contributed by atoms with van der Waals surface area (Å²) in [5.41, 5.74) is 7.68. The molecule has 0 radical (unpaired) electrons. The molecule has 0 aliphatic heterocycles. The highest BCUT2D eigenvalue weighted by Gasteiger charge is 2.22. The Morgan fingerprint density at radius 3 is 2.60 bits per heavy atom. The fourth-order valence-electron chi connectivity index (χ4n) is 4.84. The molecule has 0 aliphatic rings. The normalized spacial score (nSPS) is 11.9. The SMILES string of the molecule is NC(=O)c1cc(-c2cccnc2[C@H](Cc2cccc(F)c2)NC(=O)CSCCn2c(=O)[nH]c3ccc(F)cc32)ccc1F. The van der Waals surface area contributed by atoms with Gasteiger partial charge < -0.3 is 16.0 Å². The highest BCUT2D eigenvalue weighted by molar-refractivity contribution is 7.99. The largest absolute Gasteiger partial charge is 0.366 e. The molecule has 0 bridgehead atoms. The summed E-state index contributed by atoms with van der Waals surface area (Å²) in [4.78, 5) is 44.4. The highest BCUT2D eigenvalue weighted by atomic mass is 32.2. The summed E-state index contributed by atoms with van der Waals surface area (Å²) in [7, 11) is 0. The van der Waals surface area contributed by atoms with E-state index >= 15 is 0 Å². The predicted octanol–water partition coefficient (Wildman–Crippen LogP) is 4.74. The van der Waals surface area contributed by atoms with Crippen molar-refractivity contribution < 1.29 is 22.8 Å². The number of benzene rings is 3. The molecule has 0 aliphatic carbocycles. The maximum atomic E-state index is 14.2. The number of primary amides is 1. The van der Waals surface area contributed by atoms with Gasteiger partial charge in [0.25, 0.3) is 5.91 Å². The summed E-state index contributed by atoms with van der Waals surface area (Å²) in [6.07, 6.45) is 1.73. The van der Waals surface area contributed by atoms with E-state index in [1.807, 2.05) is 0 Å². The van der Waals surface area contributed by atoms with E-state index in [4.69, 9.17) is 5.73 Å². The second-order valence-corrected chi connectivity index (χ2v) is 10.9. The maximum Gasteiger partial charge on any atom is 0.326 e. The number of nitrogens with one attached hydrogen (secondary N) is 2. The zero-order chi connectivity index (χ0) is 30.5. The van der Waals surface area contributed by atoms with Gasteiger partial charge in [-0.05, 0) is 66.1 Å². The molecule has 0 saturated heterocycles. The molecule has 12 heteroatoms. The first kappa shape index (κ1) is 29.6. The number of carbonyl (C=O) groups is 2. The van der Waals surface area contributed by atoms with Crippen LogP contribution in [0.3, 0.4) is 0 Å². The summed E-state index contributed by atoms with van der Waals surface area (Å²) in [5.74, 6) is -2.48. The first-order chi connectivity index (χ1) is 20.7. The summed E-state index contributed by atoms with van der Waals surface area (Å²) >= 11 is 1.28. The molecule has 2 aromatic heterocycles. The molecule has 4 N–H and O–H groups in total. The molecule has 5 aromatic rings. The molecule has 2 amide bonds. The van der Waals surface area contributed by atoms with Crippen molar-refractivity contribution in [3.05, 3.63) is 124 Å². The van der Waals surface area contributed by atoms with Gasteiger partial charge in [-0.25, -0.2) is 18.0 Å². The van der Waals surface area contributed by atoms with E-state index in [9.17, 15) is 27.6 Å². The predicted molar refractivity (Wildman–Crippen MR) is 159 cm³/mol. The lowest BCUT2D eigenvalue weighted by Gasteiger charge is -2.22. The number of pyridine rings is 1. The van der Waals surface area contributed by atoms with Crippen LogP contribution in [-0.4, -0.2) is 37.9 Å². The van der Waals surface area contributed by atoms with Crippen LogP contribution in [0.2, 0.25) is 0 Å². The average molecular weight is 606 g/mol. The average Bonchev–Trinajstić information content (AvgIpc) is 3.29. The van der Waals surface area contributed by atoms with E-state index in [1.54, 1.807) is 30.5 Å². The van der Waals surface area contributed by atoms with Gasteiger partial charge >= 0.3 is 5.69 Å². The first-order valence-electron chi connectivity index (χ1n) is 13.2. The quantitative estimate of drug-likeness (QED) is 0.188. The van der Waals surface area contributed by atoms with Gasteiger partial charge in [-0.1, -0.05) is 24.3 Å². The molecule has 0 unspecified atom stereocenters. The minimum absolute atomic E-state index is 0.0374. The molecule has 3 aromatic carbocycles. The summed E-state index contributed by atoms with van der Waals surface area (Å²) in [6, 6.07) is 16.6. The number of nitrogens with two attached hydrogens (primary N) is 1. The Hall–Kier alpha value is -4.84. The van der Waals surface area contributed by atoms with Crippen LogP contribution in [0, 0.1) is 17.5 Å². The van der Waals surface area contributed by atoms with Crippen LogP contribution < -0.4 is 16.7 Å². The molecule has 43 heavy (non-hydrogen) atoms. The van der Waals surface area contributed by atoms with Crippen molar-refractivity contribution in [2.45, 2.75) is 19.0 Å². The van der Waals surface area contributed by atoms with Crippen molar-refractivity contribution in [1.82, 2.24) is 19.9 Å². The monoisotopic (exact) mass is 605 g/mol. The van der Waals surface area contributed by atoms with Crippen LogP contribution in [-0.2, 0) is 17.8 Å². The molecule has 0 spiro atoms. The van der Waals surface area contributed by atoms with Gasteiger partial charge in [0.15, 0.2) is 0 Å². The number of imidazole rings is 1. The number of fused-ring (bicyclic) bond motifs is 1. The van der Waals surface area contributed by atoms with Crippen LogP contribution in [0.1, 0.15) is 27.7 Å². The third-order valence-corrected chi connectivity index (χ3v) is 7.74. The molecule has 8 nitrogen and oxygen atoms in total. The number of halogens is 3. The van der Waals surface area contributed by atoms with Gasteiger partial charge in [0.1, 0.15) is 17.5 Å². The highest BCUT2D eigenvalue weighted by Crippen LogP contribution is 2.30. The Morgan fingerprint density at radius 1 is 1.00 bits per heavy atom. The Bertz CT molecular complexity index is 1870. The van der Waals surface area contributed by atoms with Crippen molar-refractivity contribution in [2.75, 3.05) is 11.5 Å². The molecule has 5 rings (SSSR count). The van der Waals surface area contributed by atoms with Crippen molar-refractivity contribution >= 4 is 34.6 Å². The van der Waals surface area contributed by atoms with Gasteiger partial charge in [-0.2, -0.15) is 11.8 Å². The number of aromatic amines is 1. The number of thioether (sulfide) groups is 1. The number of rotatable bonds is 11.